The third-order valence-corrected chi connectivity index (χ3v) is 6.49. The molecule has 0 aliphatic carbocycles. The highest BCUT2D eigenvalue weighted by atomic mass is 127. The molecule has 0 aromatic carbocycles. The van der Waals surface area contributed by atoms with E-state index in [-0.39, 0.29) is 0 Å². The first-order chi connectivity index (χ1) is 6.49. The molecule has 0 aromatic heterocycles. The summed E-state index contributed by atoms with van der Waals surface area (Å²) in [4.78, 5) is 2.66. The van der Waals surface area contributed by atoms with E-state index in [2.05, 4.69) is 77.8 Å². The predicted molar refractivity (Wildman–Crippen MR) is 82.7 cm³/mol. The summed E-state index contributed by atoms with van der Waals surface area (Å²) in [6.45, 7) is 10.5. The minimum Gasteiger partial charge on any atom is -0.286 e. The molecule has 86 valence electrons. The summed E-state index contributed by atoms with van der Waals surface area (Å²) < 4.78 is 1.52. The van der Waals surface area contributed by atoms with Crippen molar-refractivity contribution < 1.29 is 0 Å². The first kappa shape index (κ1) is 15.4. The molecular formula is C11H23I2N. The van der Waals surface area contributed by atoms with Gasteiger partial charge in [-0.05, 0) is 33.2 Å². The monoisotopic (exact) mass is 423 g/mol. The quantitative estimate of drug-likeness (QED) is 0.332. The molecule has 14 heavy (non-hydrogen) atoms. The molecule has 0 saturated heterocycles. The Morgan fingerprint density at radius 2 is 1.86 bits per heavy atom. The van der Waals surface area contributed by atoms with Crippen LogP contribution in [0, 0.1) is 0 Å². The molecule has 0 aliphatic heterocycles. The molecule has 0 saturated carbocycles. The zero-order valence-electron chi connectivity index (χ0n) is 9.82. The summed E-state index contributed by atoms with van der Waals surface area (Å²) in [7, 11) is 0. The van der Waals surface area contributed by atoms with Crippen molar-refractivity contribution in [3.63, 3.8) is 0 Å². The smallest absolute Gasteiger partial charge is 0.0794 e. The number of hydrogen-bond acceptors (Lipinski definition) is 1. The summed E-state index contributed by atoms with van der Waals surface area (Å²) >= 11 is 5.10. The molecule has 3 heteroatoms. The van der Waals surface area contributed by atoms with Gasteiger partial charge in [-0.15, -0.1) is 0 Å². The standard InChI is InChI=1S/C11H23I2N/c1-5-7-10(3)14(8-6-2)11(4,13)9-12/h10H,5-9H2,1-4H3. The molecule has 2 unspecified atom stereocenters. The summed E-state index contributed by atoms with van der Waals surface area (Å²) in [5, 5.41) is 0. The van der Waals surface area contributed by atoms with Crippen molar-refractivity contribution >= 4 is 45.2 Å². The van der Waals surface area contributed by atoms with Crippen molar-refractivity contribution in [2.45, 2.75) is 56.5 Å². The summed E-state index contributed by atoms with van der Waals surface area (Å²) in [6.07, 6.45) is 3.86. The van der Waals surface area contributed by atoms with Gasteiger partial charge in [0, 0.05) is 10.5 Å². The van der Waals surface area contributed by atoms with Gasteiger partial charge in [0.15, 0.2) is 0 Å². The largest absolute Gasteiger partial charge is 0.286 e. The van der Waals surface area contributed by atoms with E-state index in [4.69, 9.17) is 0 Å². The number of rotatable bonds is 7. The number of nitrogens with zero attached hydrogens (tertiary/aromatic N) is 1. The number of hydrogen-bond donors (Lipinski definition) is 0. The SMILES string of the molecule is CCCC(C)N(CCC)C(C)(I)CI. The van der Waals surface area contributed by atoms with E-state index in [1.54, 1.807) is 0 Å². The topological polar surface area (TPSA) is 3.24 Å². The van der Waals surface area contributed by atoms with Crippen LogP contribution in [0.25, 0.3) is 0 Å². The van der Waals surface area contributed by atoms with Gasteiger partial charge in [0.1, 0.15) is 0 Å². The molecule has 0 rings (SSSR count). The van der Waals surface area contributed by atoms with E-state index in [0.29, 0.717) is 3.55 Å². The fourth-order valence-electron chi connectivity index (χ4n) is 1.80. The van der Waals surface area contributed by atoms with Crippen molar-refractivity contribution in [1.82, 2.24) is 4.90 Å². The fraction of sp³-hybridized carbons (Fsp3) is 1.00. The van der Waals surface area contributed by atoms with Crippen molar-refractivity contribution in [2.75, 3.05) is 11.0 Å². The van der Waals surface area contributed by atoms with Gasteiger partial charge in [0.25, 0.3) is 0 Å². The molecule has 0 spiro atoms. The summed E-state index contributed by atoms with van der Waals surface area (Å²) in [5.74, 6) is 0. The van der Waals surface area contributed by atoms with Gasteiger partial charge < -0.3 is 0 Å². The predicted octanol–water partition coefficient (Wildman–Crippen LogP) is 4.47. The minimum absolute atomic E-state index is 0.322. The maximum Gasteiger partial charge on any atom is 0.0794 e. The number of halogens is 2. The van der Waals surface area contributed by atoms with Crippen LogP contribution in [-0.2, 0) is 0 Å². The zero-order valence-corrected chi connectivity index (χ0v) is 14.1. The maximum absolute atomic E-state index is 2.66. The summed E-state index contributed by atoms with van der Waals surface area (Å²) in [5.41, 5.74) is 0. The van der Waals surface area contributed by atoms with Crippen LogP contribution in [0.1, 0.15) is 47.0 Å². The van der Waals surface area contributed by atoms with Gasteiger partial charge in [-0.1, -0.05) is 65.5 Å². The highest BCUT2D eigenvalue weighted by Gasteiger charge is 2.29. The van der Waals surface area contributed by atoms with Crippen molar-refractivity contribution in [3.05, 3.63) is 0 Å². The van der Waals surface area contributed by atoms with E-state index in [1.807, 2.05) is 0 Å². The Hall–Kier alpha value is 1.42. The summed E-state index contributed by atoms with van der Waals surface area (Å²) in [6, 6.07) is 0.719. The van der Waals surface area contributed by atoms with E-state index in [0.717, 1.165) is 6.04 Å². The zero-order chi connectivity index (χ0) is 11.2. The molecule has 0 heterocycles. The lowest BCUT2D eigenvalue weighted by molar-refractivity contribution is 0.150. The van der Waals surface area contributed by atoms with Crippen LogP contribution in [-0.4, -0.2) is 25.5 Å². The molecule has 0 aromatic rings. The average Bonchev–Trinajstić information content (AvgIpc) is 2.14. The Labute approximate surface area is 117 Å². The van der Waals surface area contributed by atoms with Crippen LogP contribution in [0.5, 0.6) is 0 Å². The highest BCUT2D eigenvalue weighted by Crippen LogP contribution is 2.29. The molecule has 0 amide bonds. The Kier molecular flexibility index (Phi) is 8.43. The van der Waals surface area contributed by atoms with Gasteiger partial charge in [0.05, 0.1) is 3.55 Å². The van der Waals surface area contributed by atoms with Crippen molar-refractivity contribution in [2.24, 2.45) is 0 Å². The number of alkyl halides is 2. The third-order valence-electron chi connectivity index (χ3n) is 2.55. The molecule has 0 N–H and O–H groups in total. The highest BCUT2D eigenvalue weighted by molar-refractivity contribution is 14.1. The van der Waals surface area contributed by atoms with Gasteiger partial charge in [-0.2, -0.15) is 0 Å². The lowest BCUT2D eigenvalue weighted by Crippen LogP contribution is -2.48. The van der Waals surface area contributed by atoms with Gasteiger partial charge in [-0.3, -0.25) is 4.90 Å². The second-order valence-corrected chi connectivity index (χ2v) is 7.19. The van der Waals surface area contributed by atoms with E-state index in [9.17, 15) is 0 Å². The van der Waals surface area contributed by atoms with Crippen LogP contribution >= 0.6 is 45.2 Å². The molecule has 1 nitrogen and oxygen atoms in total. The molecule has 0 radical (unpaired) electrons. The second-order valence-electron chi connectivity index (χ2n) is 4.11. The lowest BCUT2D eigenvalue weighted by atomic mass is 10.1. The van der Waals surface area contributed by atoms with Crippen molar-refractivity contribution in [1.29, 1.82) is 0 Å². The van der Waals surface area contributed by atoms with Crippen LogP contribution in [0.3, 0.4) is 0 Å². The third kappa shape index (κ3) is 4.96. The van der Waals surface area contributed by atoms with Gasteiger partial charge >= 0.3 is 0 Å². The first-order valence-corrected chi connectivity index (χ1v) is 8.11. The normalized spacial score (nSPS) is 18.2. The van der Waals surface area contributed by atoms with Crippen LogP contribution in [0.2, 0.25) is 0 Å². The fourth-order valence-corrected chi connectivity index (χ4v) is 2.96. The van der Waals surface area contributed by atoms with Gasteiger partial charge in [0.2, 0.25) is 0 Å². The van der Waals surface area contributed by atoms with E-state index < -0.39 is 0 Å². The average molecular weight is 423 g/mol. The van der Waals surface area contributed by atoms with E-state index >= 15 is 0 Å². The van der Waals surface area contributed by atoms with Crippen LogP contribution < -0.4 is 0 Å². The van der Waals surface area contributed by atoms with Crippen molar-refractivity contribution in [3.8, 4) is 0 Å². The molecule has 0 bridgehead atoms. The maximum atomic E-state index is 2.66. The minimum atomic E-state index is 0.322. The second kappa shape index (κ2) is 7.65. The lowest BCUT2D eigenvalue weighted by Gasteiger charge is -2.40. The Bertz CT molecular complexity index is 148. The Balaban J connectivity index is 4.40. The molecular weight excluding hydrogens is 400 g/mol. The Morgan fingerprint density at radius 3 is 2.21 bits per heavy atom. The molecule has 0 fully saturated rings. The van der Waals surface area contributed by atoms with Crippen LogP contribution in [0.4, 0.5) is 0 Å². The Morgan fingerprint density at radius 1 is 1.29 bits per heavy atom. The molecule has 0 aliphatic rings. The van der Waals surface area contributed by atoms with E-state index in [1.165, 1.54) is 30.2 Å². The van der Waals surface area contributed by atoms with Gasteiger partial charge in [-0.25, -0.2) is 0 Å². The van der Waals surface area contributed by atoms with Crippen LogP contribution in [0.15, 0.2) is 0 Å². The first-order valence-electron chi connectivity index (χ1n) is 5.51. The molecule has 2 atom stereocenters.